The molecule has 1 fully saturated rings. The van der Waals surface area contributed by atoms with Gasteiger partial charge in [0.2, 0.25) is 0 Å². The lowest BCUT2D eigenvalue weighted by Gasteiger charge is -2.29. The molecule has 2 unspecified atom stereocenters. The van der Waals surface area contributed by atoms with Crippen molar-refractivity contribution in [3.05, 3.63) is 23.5 Å². The molecule has 1 aromatic rings. The zero-order chi connectivity index (χ0) is 14.7. The molecule has 4 N–H and O–H groups in total. The van der Waals surface area contributed by atoms with Crippen LogP contribution < -0.4 is 11.1 Å². The lowest BCUT2D eigenvalue weighted by Crippen LogP contribution is -2.25. The number of benzene rings is 1. The summed E-state index contributed by atoms with van der Waals surface area (Å²) in [7, 11) is 0. The Labute approximate surface area is 118 Å². The lowest BCUT2D eigenvalue weighted by molar-refractivity contribution is 0.0698. The predicted molar refractivity (Wildman–Crippen MR) is 77.4 cm³/mol. The van der Waals surface area contributed by atoms with Crippen molar-refractivity contribution in [2.75, 3.05) is 17.6 Å². The molecule has 0 aromatic heterocycles. The molecular weight excluding hydrogens is 259 g/mol. The van der Waals surface area contributed by atoms with E-state index in [0.717, 1.165) is 6.42 Å². The van der Waals surface area contributed by atoms with Gasteiger partial charge in [-0.25, -0.2) is 9.18 Å². The number of anilines is 2. The van der Waals surface area contributed by atoms with E-state index < -0.39 is 11.8 Å². The molecule has 1 aliphatic rings. The van der Waals surface area contributed by atoms with Crippen LogP contribution in [0.2, 0.25) is 0 Å². The maximum atomic E-state index is 13.4. The highest BCUT2D eigenvalue weighted by atomic mass is 19.1. The Bertz CT molecular complexity index is 505. The third-order valence-electron chi connectivity index (χ3n) is 4.25. The molecule has 0 radical (unpaired) electrons. The lowest BCUT2D eigenvalue weighted by atomic mass is 9.80. The van der Waals surface area contributed by atoms with Gasteiger partial charge in [0.15, 0.2) is 0 Å². The molecule has 0 bridgehead atoms. The first kappa shape index (κ1) is 14.6. The number of carboxylic acids is 1. The van der Waals surface area contributed by atoms with Crippen LogP contribution in [-0.2, 0) is 0 Å². The van der Waals surface area contributed by atoms with E-state index in [-0.39, 0.29) is 11.3 Å². The normalized spacial score (nSPS) is 22.5. The van der Waals surface area contributed by atoms with Crippen LogP contribution in [0.4, 0.5) is 15.8 Å². The predicted octanol–water partition coefficient (Wildman–Crippen LogP) is 3.34. The summed E-state index contributed by atoms with van der Waals surface area (Å²) in [4.78, 5) is 11.2. The number of hydrogen-bond acceptors (Lipinski definition) is 3. The van der Waals surface area contributed by atoms with Gasteiger partial charge in [0, 0.05) is 6.54 Å². The van der Waals surface area contributed by atoms with Gasteiger partial charge in [-0.1, -0.05) is 26.2 Å². The van der Waals surface area contributed by atoms with Crippen LogP contribution in [-0.4, -0.2) is 17.6 Å². The van der Waals surface area contributed by atoms with Gasteiger partial charge in [-0.2, -0.15) is 0 Å². The number of nitrogens with one attached hydrogen (secondary N) is 1. The van der Waals surface area contributed by atoms with Crippen molar-refractivity contribution in [3.8, 4) is 0 Å². The number of halogens is 1. The summed E-state index contributed by atoms with van der Waals surface area (Å²) < 4.78 is 13.4. The molecular formula is C15H21FN2O2. The Morgan fingerprint density at radius 2 is 2.15 bits per heavy atom. The fourth-order valence-electron chi connectivity index (χ4n) is 2.91. The molecule has 0 amide bonds. The van der Waals surface area contributed by atoms with Gasteiger partial charge in [-0.15, -0.1) is 0 Å². The number of rotatable bonds is 4. The second-order valence-electron chi connectivity index (χ2n) is 5.59. The average molecular weight is 280 g/mol. The number of carbonyl (C=O) groups is 1. The van der Waals surface area contributed by atoms with Crippen molar-refractivity contribution in [1.29, 1.82) is 0 Å². The number of carboxylic acid groups (broad SMARTS) is 1. The van der Waals surface area contributed by atoms with Gasteiger partial charge in [-0.05, 0) is 30.4 Å². The van der Waals surface area contributed by atoms with Crippen LogP contribution in [0, 0.1) is 17.7 Å². The minimum absolute atomic E-state index is 0.173. The first-order valence-corrected chi connectivity index (χ1v) is 7.06. The fourth-order valence-corrected chi connectivity index (χ4v) is 2.91. The van der Waals surface area contributed by atoms with Crippen LogP contribution >= 0.6 is 0 Å². The number of nitrogen functional groups attached to an aromatic ring is 1. The number of hydrogen-bond donors (Lipinski definition) is 3. The van der Waals surface area contributed by atoms with Crippen molar-refractivity contribution in [2.24, 2.45) is 11.8 Å². The van der Waals surface area contributed by atoms with E-state index in [0.29, 0.717) is 24.1 Å². The molecule has 0 spiro atoms. The second-order valence-corrected chi connectivity index (χ2v) is 5.59. The van der Waals surface area contributed by atoms with E-state index in [1.54, 1.807) is 0 Å². The van der Waals surface area contributed by atoms with Crippen LogP contribution in [0.25, 0.3) is 0 Å². The molecule has 4 nitrogen and oxygen atoms in total. The Kier molecular flexibility index (Phi) is 4.47. The highest BCUT2D eigenvalue weighted by Gasteiger charge is 2.22. The summed E-state index contributed by atoms with van der Waals surface area (Å²) in [5, 5.41) is 12.3. The molecule has 1 aromatic carbocycles. The Morgan fingerprint density at radius 1 is 1.45 bits per heavy atom. The van der Waals surface area contributed by atoms with Crippen molar-refractivity contribution < 1.29 is 14.3 Å². The second kappa shape index (κ2) is 6.11. The molecule has 110 valence electrons. The minimum Gasteiger partial charge on any atom is -0.478 e. The maximum Gasteiger partial charge on any atom is 0.340 e. The molecule has 0 aliphatic heterocycles. The van der Waals surface area contributed by atoms with Gasteiger partial charge in [0.25, 0.3) is 0 Å². The van der Waals surface area contributed by atoms with Crippen LogP contribution in [0.1, 0.15) is 43.0 Å². The Hall–Kier alpha value is -1.78. The first-order valence-electron chi connectivity index (χ1n) is 7.06. The Morgan fingerprint density at radius 3 is 2.80 bits per heavy atom. The molecule has 20 heavy (non-hydrogen) atoms. The summed E-state index contributed by atoms with van der Waals surface area (Å²) in [6, 6.07) is 2.65. The van der Waals surface area contributed by atoms with E-state index in [4.69, 9.17) is 5.73 Å². The van der Waals surface area contributed by atoms with Crippen LogP contribution in [0.15, 0.2) is 12.1 Å². The van der Waals surface area contributed by atoms with E-state index in [1.165, 1.54) is 31.4 Å². The highest BCUT2D eigenvalue weighted by Crippen LogP contribution is 2.31. The highest BCUT2D eigenvalue weighted by molar-refractivity contribution is 6.00. The van der Waals surface area contributed by atoms with Gasteiger partial charge >= 0.3 is 5.97 Å². The van der Waals surface area contributed by atoms with Crippen molar-refractivity contribution in [1.82, 2.24) is 0 Å². The van der Waals surface area contributed by atoms with Gasteiger partial charge < -0.3 is 16.2 Å². The van der Waals surface area contributed by atoms with Crippen LogP contribution in [0.3, 0.4) is 0 Å². The van der Waals surface area contributed by atoms with Crippen molar-refractivity contribution in [2.45, 2.75) is 32.6 Å². The maximum absolute atomic E-state index is 13.4. The topological polar surface area (TPSA) is 75.3 Å². The zero-order valence-electron chi connectivity index (χ0n) is 11.7. The summed E-state index contributed by atoms with van der Waals surface area (Å²) in [5.74, 6) is -0.751. The number of nitrogens with two attached hydrogens (primary N) is 1. The minimum atomic E-state index is -1.21. The summed E-state index contributed by atoms with van der Waals surface area (Å²) in [5.41, 5.74) is 5.44. The van der Waals surface area contributed by atoms with Crippen molar-refractivity contribution in [3.63, 3.8) is 0 Å². The monoisotopic (exact) mass is 280 g/mol. The molecule has 5 heteroatoms. The largest absolute Gasteiger partial charge is 0.478 e. The van der Waals surface area contributed by atoms with Crippen LogP contribution in [0.5, 0.6) is 0 Å². The summed E-state index contributed by atoms with van der Waals surface area (Å²) >= 11 is 0. The van der Waals surface area contributed by atoms with E-state index in [2.05, 4.69) is 12.2 Å². The molecule has 2 atom stereocenters. The van der Waals surface area contributed by atoms with E-state index >= 15 is 0 Å². The Balaban J connectivity index is 2.13. The SMILES string of the molecule is CC1CCCCC1CNc1ccc(F)c(N)c1C(=O)O. The molecule has 1 aliphatic carbocycles. The zero-order valence-corrected chi connectivity index (χ0v) is 11.7. The third kappa shape index (κ3) is 3.03. The average Bonchev–Trinajstić information content (AvgIpc) is 2.41. The fraction of sp³-hybridized carbons (Fsp3) is 0.533. The molecule has 1 saturated carbocycles. The standard InChI is InChI=1S/C15H21FN2O2/c1-9-4-2-3-5-10(9)8-18-12-7-6-11(16)14(17)13(12)15(19)20/h6-7,9-10,18H,2-5,8,17H2,1H3,(H,19,20). The molecule has 0 saturated heterocycles. The van der Waals surface area contributed by atoms with E-state index in [1.807, 2.05) is 0 Å². The molecule has 2 rings (SSSR count). The summed E-state index contributed by atoms with van der Waals surface area (Å²) in [6.07, 6.45) is 4.84. The van der Waals surface area contributed by atoms with Gasteiger partial charge in [0.05, 0.1) is 11.4 Å². The smallest absolute Gasteiger partial charge is 0.340 e. The quantitative estimate of drug-likeness (QED) is 0.739. The summed E-state index contributed by atoms with van der Waals surface area (Å²) in [6.45, 7) is 2.93. The molecule has 0 heterocycles. The number of aromatic carboxylic acids is 1. The van der Waals surface area contributed by atoms with Gasteiger partial charge in [-0.3, -0.25) is 0 Å². The van der Waals surface area contributed by atoms with Gasteiger partial charge in [0.1, 0.15) is 11.4 Å². The third-order valence-corrected chi connectivity index (χ3v) is 4.25. The van der Waals surface area contributed by atoms with Crippen molar-refractivity contribution >= 4 is 17.3 Å². The van der Waals surface area contributed by atoms with E-state index in [9.17, 15) is 14.3 Å². The first-order chi connectivity index (χ1) is 9.50.